The minimum absolute atomic E-state index is 0.0229. The van der Waals surface area contributed by atoms with Crippen LogP contribution < -0.4 is 9.62 Å². The molecule has 45 heavy (non-hydrogen) atoms. The minimum Gasteiger partial charge on any atom is -0.352 e. The largest absolute Gasteiger partial charge is 0.352 e. The summed E-state index contributed by atoms with van der Waals surface area (Å²) in [6.07, 6.45) is 0.818. The Hall–Kier alpha value is -4.50. The number of nitrogens with one attached hydrogen (secondary N) is 1. The van der Waals surface area contributed by atoms with Gasteiger partial charge in [-0.2, -0.15) is 0 Å². The smallest absolute Gasteiger partial charge is 0.264 e. The molecule has 0 aliphatic heterocycles. The number of amides is 2. The number of hydrogen-bond donors (Lipinski definition) is 1. The van der Waals surface area contributed by atoms with Gasteiger partial charge in [-0.3, -0.25) is 13.9 Å². The summed E-state index contributed by atoms with van der Waals surface area (Å²) in [5.41, 5.74) is 2.83. The summed E-state index contributed by atoms with van der Waals surface area (Å²) in [6.45, 7) is 6.60. The van der Waals surface area contributed by atoms with Crippen LogP contribution in [0.25, 0.3) is 0 Å². The number of anilines is 1. The maximum Gasteiger partial charge on any atom is 0.264 e. The van der Waals surface area contributed by atoms with Gasteiger partial charge in [-0.15, -0.1) is 0 Å². The van der Waals surface area contributed by atoms with Crippen LogP contribution in [-0.4, -0.2) is 43.8 Å². The highest BCUT2D eigenvalue weighted by atomic mass is 32.2. The predicted octanol–water partition coefficient (Wildman–Crippen LogP) is 6.19. The summed E-state index contributed by atoms with van der Waals surface area (Å²) in [4.78, 5) is 29.7. The number of sulfonamides is 1. The molecule has 236 valence electrons. The monoisotopic (exact) mass is 629 g/mol. The van der Waals surface area contributed by atoms with E-state index in [1.165, 1.54) is 23.1 Å². The molecular formula is C36H40FN3O4S. The van der Waals surface area contributed by atoms with Crippen molar-refractivity contribution in [2.75, 3.05) is 10.8 Å². The van der Waals surface area contributed by atoms with Crippen LogP contribution >= 0.6 is 0 Å². The van der Waals surface area contributed by atoms with Gasteiger partial charge in [0.25, 0.3) is 10.0 Å². The van der Waals surface area contributed by atoms with Crippen molar-refractivity contribution in [2.24, 2.45) is 0 Å². The lowest BCUT2D eigenvalue weighted by Gasteiger charge is -2.34. The molecule has 0 saturated carbocycles. The van der Waals surface area contributed by atoms with Gasteiger partial charge in [0, 0.05) is 24.6 Å². The number of aryl methyl sites for hydroxylation is 2. The van der Waals surface area contributed by atoms with Crippen LogP contribution in [0.3, 0.4) is 0 Å². The second-order valence-corrected chi connectivity index (χ2v) is 13.1. The third-order valence-corrected chi connectivity index (χ3v) is 9.59. The van der Waals surface area contributed by atoms with E-state index in [2.05, 4.69) is 5.32 Å². The first-order chi connectivity index (χ1) is 21.5. The van der Waals surface area contributed by atoms with E-state index in [0.717, 1.165) is 15.4 Å². The molecule has 0 fully saturated rings. The van der Waals surface area contributed by atoms with E-state index in [0.29, 0.717) is 17.7 Å². The molecule has 0 aliphatic rings. The summed E-state index contributed by atoms with van der Waals surface area (Å²) in [5, 5.41) is 2.98. The van der Waals surface area contributed by atoms with Gasteiger partial charge in [-0.25, -0.2) is 12.8 Å². The lowest BCUT2D eigenvalue weighted by atomic mass is 10.0. The molecule has 2 atom stereocenters. The Balaban J connectivity index is 1.84. The van der Waals surface area contributed by atoms with Crippen molar-refractivity contribution >= 4 is 27.5 Å². The van der Waals surface area contributed by atoms with Gasteiger partial charge in [0.05, 0.1) is 10.6 Å². The van der Waals surface area contributed by atoms with Crippen molar-refractivity contribution in [3.63, 3.8) is 0 Å². The zero-order chi connectivity index (χ0) is 32.6. The van der Waals surface area contributed by atoms with E-state index in [9.17, 15) is 18.0 Å². The Kier molecular flexibility index (Phi) is 11.1. The molecule has 4 aromatic carbocycles. The lowest BCUT2D eigenvalue weighted by Crippen LogP contribution is -2.54. The van der Waals surface area contributed by atoms with Gasteiger partial charge >= 0.3 is 0 Å². The zero-order valence-electron chi connectivity index (χ0n) is 26.1. The van der Waals surface area contributed by atoms with Gasteiger partial charge < -0.3 is 10.2 Å². The van der Waals surface area contributed by atoms with Crippen LogP contribution in [0.4, 0.5) is 10.1 Å². The minimum atomic E-state index is -4.22. The van der Waals surface area contributed by atoms with Gasteiger partial charge in [-0.05, 0) is 68.1 Å². The van der Waals surface area contributed by atoms with Crippen molar-refractivity contribution in [1.29, 1.82) is 0 Å². The maximum absolute atomic E-state index is 15.1. The van der Waals surface area contributed by atoms with Crippen LogP contribution in [0.2, 0.25) is 0 Å². The van der Waals surface area contributed by atoms with Gasteiger partial charge in [0.2, 0.25) is 11.8 Å². The normalized spacial score (nSPS) is 12.6. The SMILES string of the molecule is CCC(C)NC(=O)C(Cc1ccccc1)N(Cc1ccccc1F)C(=O)CN(c1cc(C)ccc1C)S(=O)(=O)c1ccccc1. The Morgan fingerprint density at radius 1 is 0.867 bits per heavy atom. The van der Waals surface area contributed by atoms with Crippen molar-refractivity contribution in [3.8, 4) is 0 Å². The fourth-order valence-corrected chi connectivity index (χ4v) is 6.52. The van der Waals surface area contributed by atoms with Crippen LogP contribution in [0.1, 0.15) is 42.5 Å². The molecule has 2 amide bonds. The molecule has 4 aromatic rings. The number of halogens is 1. The molecule has 2 unspecified atom stereocenters. The summed E-state index contributed by atoms with van der Waals surface area (Å²) in [6, 6.07) is 27.4. The van der Waals surface area contributed by atoms with E-state index in [1.807, 2.05) is 57.2 Å². The average Bonchev–Trinajstić information content (AvgIpc) is 3.04. The topological polar surface area (TPSA) is 86.8 Å². The van der Waals surface area contributed by atoms with Crippen molar-refractivity contribution < 1.29 is 22.4 Å². The molecule has 0 saturated heterocycles. The number of carbonyl (C=O) groups is 2. The van der Waals surface area contributed by atoms with Gasteiger partial charge in [0.15, 0.2) is 0 Å². The van der Waals surface area contributed by atoms with Crippen LogP contribution in [-0.2, 0) is 32.6 Å². The maximum atomic E-state index is 15.1. The molecule has 0 aliphatic carbocycles. The van der Waals surface area contributed by atoms with E-state index < -0.39 is 40.2 Å². The molecule has 4 rings (SSSR count). The molecule has 7 nitrogen and oxygen atoms in total. The summed E-state index contributed by atoms with van der Waals surface area (Å²) in [5.74, 6) is -1.57. The highest BCUT2D eigenvalue weighted by molar-refractivity contribution is 7.92. The van der Waals surface area contributed by atoms with Gasteiger partial charge in [-0.1, -0.05) is 85.8 Å². The number of rotatable bonds is 13. The quantitative estimate of drug-likeness (QED) is 0.191. The molecule has 0 aromatic heterocycles. The van der Waals surface area contributed by atoms with Crippen LogP contribution in [0.5, 0.6) is 0 Å². The third-order valence-electron chi connectivity index (χ3n) is 7.81. The van der Waals surface area contributed by atoms with E-state index in [1.54, 1.807) is 55.5 Å². The van der Waals surface area contributed by atoms with Crippen LogP contribution in [0, 0.1) is 19.7 Å². The fourth-order valence-electron chi connectivity index (χ4n) is 5.03. The first-order valence-corrected chi connectivity index (χ1v) is 16.5. The van der Waals surface area contributed by atoms with Crippen molar-refractivity contribution in [1.82, 2.24) is 10.2 Å². The summed E-state index contributed by atoms with van der Waals surface area (Å²) < 4.78 is 44.5. The standard InChI is InChI=1S/C36H40FN3O4S/c1-5-28(4)38-36(42)34(23-29-14-8-6-9-15-29)39(24-30-16-12-13-19-32(30)37)35(41)25-40(33-22-26(2)20-21-27(33)3)45(43,44)31-17-10-7-11-18-31/h6-22,28,34H,5,23-25H2,1-4H3,(H,38,42). The van der Waals surface area contributed by atoms with E-state index in [4.69, 9.17) is 0 Å². The summed E-state index contributed by atoms with van der Waals surface area (Å²) >= 11 is 0. The fraction of sp³-hybridized carbons (Fsp3) is 0.278. The molecule has 0 bridgehead atoms. The zero-order valence-corrected chi connectivity index (χ0v) is 26.9. The lowest BCUT2D eigenvalue weighted by molar-refractivity contribution is -0.140. The third kappa shape index (κ3) is 8.36. The average molecular weight is 630 g/mol. The van der Waals surface area contributed by atoms with Gasteiger partial charge in [0.1, 0.15) is 18.4 Å². The predicted molar refractivity (Wildman–Crippen MR) is 176 cm³/mol. The molecule has 0 heterocycles. The Morgan fingerprint density at radius 3 is 2.13 bits per heavy atom. The molecule has 1 N–H and O–H groups in total. The van der Waals surface area contributed by atoms with E-state index in [-0.39, 0.29) is 29.5 Å². The van der Waals surface area contributed by atoms with E-state index >= 15 is 4.39 Å². The number of nitrogens with zero attached hydrogens (tertiary/aromatic N) is 2. The second-order valence-electron chi connectivity index (χ2n) is 11.3. The number of carbonyl (C=O) groups excluding carboxylic acids is 2. The molecular weight excluding hydrogens is 589 g/mol. The molecule has 9 heteroatoms. The number of hydrogen-bond acceptors (Lipinski definition) is 4. The Morgan fingerprint density at radius 2 is 1.49 bits per heavy atom. The number of benzene rings is 4. The molecule has 0 radical (unpaired) electrons. The second kappa shape index (κ2) is 15.0. The highest BCUT2D eigenvalue weighted by Gasteiger charge is 2.35. The first kappa shape index (κ1) is 33.4. The van der Waals surface area contributed by atoms with Crippen molar-refractivity contribution in [2.45, 2.75) is 64.1 Å². The van der Waals surface area contributed by atoms with Crippen molar-refractivity contribution in [3.05, 3.63) is 131 Å². The Bertz CT molecular complexity index is 1720. The van der Waals surface area contributed by atoms with Crippen LogP contribution in [0.15, 0.2) is 108 Å². The summed E-state index contributed by atoms with van der Waals surface area (Å²) in [7, 11) is -4.22. The molecule has 0 spiro atoms. The Labute approximate surface area is 265 Å². The highest BCUT2D eigenvalue weighted by Crippen LogP contribution is 2.29. The first-order valence-electron chi connectivity index (χ1n) is 15.0.